The lowest BCUT2D eigenvalue weighted by Crippen LogP contribution is -2.06. The zero-order chi connectivity index (χ0) is 11.5. The average Bonchev–Trinajstić information content (AvgIpc) is 2.67. The van der Waals surface area contributed by atoms with E-state index < -0.39 is 0 Å². The van der Waals surface area contributed by atoms with Gasteiger partial charge in [0.15, 0.2) is 12.2 Å². The second-order valence-electron chi connectivity index (χ2n) is 3.62. The highest BCUT2D eigenvalue weighted by Gasteiger charge is 2.12. The summed E-state index contributed by atoms with van der Waals surface area (Å²) in [5, 5.41) is 3.01. The van der Waals surface area contributed by atoms with Gasteiger partial charge in [-0.2, -0.15) is 0 Å². The Morgan fingerprint density at radius 2 is 2.25 bits per heavy atom. The Hall–Kier alpha value is -1.68. The van der Waals surface area contributed by atoms with Gasteiger partial charge in [-0.05, 0) is 37.7 Å². The van der Waals surface area contributed by atoms with Crippen molar-refractivity contribution in [3.63, 3.8) is 0 Å². The Morgan fingerprint density at radius 3 is 2.94 bits per heavy atom. The molecule has 0 amide bonds. The van der Waals surface area contributed by atoms with E-state index in [-0.39, 0.29) is 5.82 Å². The van der Waals surface area contributed by atoms with Crippen molar-refractivity contribution in [2.24, 2.45) is 0 Å². The first kappa shape index (κ1) is 10.8. The topological polar surface area (TPSA) is 38.1 Å². The van der Waals surface area contributed by atoms with Crippen LogP contribution in [0.2, 0.25) is 0 Å². The molecule has 0 saturated carbocycles. The molecule has 1 aromatic heterocycles. The van der Waals surface area contributed by atoms with Crippen LogP contribution in [0.1, 0.15) is 11.3 Å². The van der Waals surface area contributed by atoms with Crippen molar-refractivity contribution in [2.75, 3.05) is 7.05 Å². The highest BCUT2D eigenvalue weighted by molar-refractivity contribution is 5.63. The van der Waals surface area contributed by atoms with E-state index in [1.165, 1.54) is 18.5 Å². The number of benzene rings is 1. The van der Waals surface area contributed by atoms with Crippen LogP contribution in [0, 0.1) is 12.7 Å². The van der Waals surface area contributed by atoms with Crippen LogP contribution in [0.15, 0.2) is 29.0 Å². The summed E-state index contributed by atoms with van der Waals surface area (Å²) in [5.41, 5.74) is 2.55. The number of rotatable bonds is 3. The molecule has 1 heterocycles. The predicted molar refractivity (Wildman–Crippen MR) is 59.4 cm³/mol. The summed E-state index contributed by atoms with van der Waals surface area (Å²) in [5.74, 6) is 0.461. The molecule has 0 bridgehead atoms. The van der Waals surface area contributed by atoms with Gasteiger partial charge in [-0.25, -0.2) is 9.37 Å². The summed E-state index contributed by atoms with van der Waals surface area (Å²) in [6, 6.07) is 4.62. The largest absolute Gasteiger partial charge is 0.443 e. The summed E-state index contributed by atoms with van der Waals surface area (Å²) in [6.45, 7) is 2.48. The smallest absolute Gasteiger partial charge is 0.181 e. The average molecular weight is 220 g/mol. The number of halogens is 1. The number of aromatic nitrogens is 1. The monoisotopic (exact) mass is 220 g/mol. The zero-order valence-electron chi connectivity index (χ0n) is 9.25. The van der Waals surface area contributed by atoms with Gasteiger partial charge in [-0.3, -0.25) is 0 Å². The molecule has 0 spiro atoms. The lowest BCUT2D eigenvalue weighted by atomic mass is 10.1. The molecule has 84 valence electrons. The highest BCUT2D eigenvalue weighted by Crippen LogP contribution is 2.26. The summed E-state index contributed by atoms with van der Waals surface area (Å²) in [7, 11) is 1.84. The minimum absolute atomic E-state index is 0.240. The van der Waals surface area contributed by atoms with Gasteiger partial charge in [0.1, 0.15) is 11.5 Å². The van der Waals surface area contributed by atoms with Gasteiger partial charge in [0, 0.05) is 12.1 Å². The number of hydrogen-bond acceptors (Lipinski definition) is 3. The molecule has 0 aliphatic carbocycles. The van der Waals surface area contributed by atoms with Gasteiger partial charge < -0.3 is 9.73 Å². The minimum atomic E-state index is -0.240. The first-order valence-electron chi connectivity index (χ1n) is 5.06. The minimum Gasteiger partial charge on any atom is -0.443 e. The van der Waals surface area contributed by atoms with E-state index in [9.17, 15) is 4.39 Å². The normalized spacial score (nSPS) is 10.7. The Labute approximate surface area is 93.3 Å². The fraction of sp³-hybridized carbons (Fsp3) is 0.250. The zero-order valence-corrected chi connectivity index (χ0v) is 9.25. The van der Waals surface area contributed by atoms with Crippen LogP contribution in [0.25, 0.3) is 11.3 Å². The lowest BCUT2D eigenvalue weighted by molar-refractivity contribution is 0.569. The summed E-state index contributed by atoms with van der Waals surface area (Å²) in [6.07, 6.45) is 1.41. The van der Waals surface area contributed by atoms with Crippen molar-refractivity contribution >= 4 is 0 Å². The Balaban J connectivity index is 2.46. The molecule has 16 heavy (non-hydrogen) atoms. The maximum atomic E-state index is 13.0. The third-order valence-electron chi connectivity index (χ3n) is 2.42. The van der Waals surface area contributed by atoms with Crippen LogP contribution >= 0.6 is 0 Å². The standard InChI is InChI=1S/C12H13FN2O/c1-8-5-9(13)3-4-10(8)12-11(6-14-2)15-7-16-12/h3-5,7,14H,6H2,1-2H3. The maximum absolute atomic E-state index is 13.0. The van der Waals surface area contributed by atoms with E-state index in [1.54, 1.807) is 6.07 Å². The molecule has 2 rings (SSSR count). The molecule has 1 aromatic carbocycles. The Morgan fingerprint density at radius 1 is 1.44 bits per heavy atom. The van der Waals surface area contributed by atoms with Gasteiger partial charge in [0.05, 0.1) is 0 Å². The van der Waals surface area contributed by atoms with Gasteiger partial charge in [0.25, 0.3) is 0 Å². The van der Waals surface area contributed by atoms with Gasteiger partial charge in [0.2, 0.25) is 0 Å². The van der Waals surface area contributed by atoms with Gasteiger partial charge >= 0.3 is 0 Å². The van der Waals surface area contributed by atoms with Crippen molar-refractivity contribution in [1.82, 2.24) is 10.3 Å². The molecule has 0 aliphatic rings. The first-order valence-corrected chi connectivity index (χ1v) is 5.06. The molecule has 0 saturated heterocycles. The number of oxazole rings is 1. The van der Waals surface area contributed by atoms with Crippen LogP contribution in [0.5, 0.6) is 0 Å². The predicted octanol–water partition coefficient (Wildman–Crippen LogP) is 2.51. The molecule has 0 aliphatic heterocycles. The SMILES string of the molecule is CNCc1ncoc1-c1ccc(F)cc1C. The fourth-order valence-electron chi connectivity index (χ4n) is 1.66. The van der Waals surface area contributed by atoms with E-state index in [1.807, 2.05) is 14.0 Å². The van der Waals surface area contributed by atoms with Crippen molar-refractivity contribution in [3.05, 3.63) is 41.7 Å². The number of nitrogens with zero attached hydrogens (tertiary/aromatic N) is 1. The molecule has 0 radical (unpaired) electrons. The van der Waals surface area contributed by atoms with E-state index in [0.29, 0.717) is 12.3 Å². The molecular weight excluding hydrogens is 207 g/mol. The van der Waals surface area contributed by atoms with Gasteiger partial charge in [-0.1, -0.05) is 0 Å². The first-order chi connectivity index (χ1) is 7.72. The Kier molecular flexibility index (Phi) is 3.01. The van der Waals surface area contributed by atoms with Crippen LogP contribution < -0.4 is 5.32 Å². The third kappa shape index (κ3) is 1.97. The van der Waals surface area contributed by atoms with Crippen LogP contribution in [0.4, 0.5) is 4.39 Å². The molecule has 2 aromatic rings. The number of nitrogens with one attached hydrogen (secondary N) is 1. The molecule has 0 fully saturated rings. The summed E-state index contributed by atoms with van der Waals surface area (Å²) >= 11 is 0. The van der Waals surface area contributed by atoms with Crippen molar-refractivity contribution in [3.8, 4) is 11.3 Å². The van der Waals surface area contributed by atoms with Gasteiger partial charge in [-0.15, -0.1) is 0 Å². The quantitative estimate of drug-likeness (QED) is 0.863. The fourth-order valence-corrected chi connectivity index (χ4v) is 1.66. The number of hydrogen-bond donors (Lipinski definition) is 1. The second kappa shape index (κ2) is 4.45. The van der Waals surface area contributed by atoms with E-state index >= 15 is 0 Å². The van der Waals surface area contributed by atoms with Crippen molar-refractivity contribution in [2.45, 2.75) is 13.5 Å². The molecule has 0 unspecified atom stereocenters. The molecule has 4 heteroatoms. The lowest BCUT2D eigenvalue weighted by Gasteiger charge is -2.04. The Bertz CT molecular complexity index is 494. The number of aryl methyl sites for hydroxylation is 1. The molecule has 1 N–H and O–H groups in total. The highest BCUT2D eigenvalue weighted by atomic mass is 19.1. The molecule has 0 atom stereocenters. The van der Waals surface area contributed by atoms with Crippen LogP contribution in [-0.2, 0) is 6.54 Å². The molecule has 3 nitrogen and oxygen atoms in total. The van der Waals surface area contributed by atoms with Crippen LogP contribution in [0.3, 0.4) is 0 Å². The second-order valence-corrected chi connectivity index (χ2v) is 3.62. The third-order valence-corrected chi connectivity index (χ3v) is 2.42. The summed E-state index contributed by atoms with van der Waals surface area (Å²) in [4.78, 5) is 4.12. The van der Waals surface area contributed by atoms with E-state index in [2.05, 4.69) is 10.3 Å². The maximum Gasteiger partial charge on any atom is 0.181 e. The van der Waals surface area contributed by atoms with Crippen molar-refractivity contribution < 1.29 is 8.81 Å². The van der Waals surface area contributed by atoms with Crippen LogP contribution in [-0.4, -0.2) is 12.0 Å². The molecular formula is C12H13FN2O. The van der Waals surface area contributed by atoms with E-state index in [4.69, 9.17) is 4.42 Å². The van der Waals surface area contributed by atoms with Crippen molar-refractivity contribution in [1.29, 1.82) is 0 Å². The van der Waals surface area contributed by atoms with E-state index in [0.717, 1.165) is 16.8 Å². The summed E-state index contributed by atoms with van der Waals surface area (Å²) < 4.78 is 18.3.